The van der Waals surface area contributed by atoms with Gasteiger partial charge in [0.25, 0.3) is 0 Å². The van der Waals surface area contributed by atoms with Crippen LogP contribution in [0.4, 0.5) is 0 Å². The highest BCUT2D eigenvalue weighted by atomic mass is 32.2. The smallest absolute Gasteiger partial charge is 0.231 e. The first kappa shape index (κ1) is 16.5. The molecule has 1 fully saturated rings. The Morgan fingerprint density at radius 3 is 2.91 bits per heavy atom. The minimum Gasteiger partial charge on any atom is -0.454 e. The van der Waals surface area contributed by atoms with E-state index in [-0.39, 0.29) is 6.79 Å². The van der Waals surface area contributed by atoms with Gasteiger partial charge in [0, 0.05) is 31.2 Å². The fraction of sp³-hybridized carbons (Fsp3) is 0.625. The number of hydrogen-bond acceptors (Lipinski definition) is 5. The maximum atomic E-state index is 11.7. The molecule has 128 valence electrons. The van der Waals surface area contributed by atoms with Crippen molar-refractivity contribution in [2.45, 2.75) is 32.4 Å². The van der Waals surface area contributed by atoms with E-state index >= 15 is 0 Å². The standard InChI is InChI=1S/C16H24N2O4S/c1-3-12-10-18(23(2,19)20)8-7-14(12)17-9-13-5-4-6-15-16(13)22-11-21-15/h4-6,12,14,17H,3,7-11H2,1-2H3/t12-,14+/m0/s1. The van der Waals surface area contributed by atoms with Crippen LogP contribution in [0.15, 0.2) is 18.2 Å². The van der Waals surface area contributed by atoms with Crippen molar-refractivity contribution in [1.29, 1.82) is 0 Å². The highest BCUT2D eigenvalue weighted by Gasteiger charge is 2.32. The number of rotatable bonds is 5. The monoisotopic (exact) mass is 340 g/mol. The summed E-state index contributed by atoms with van der Waals surface area (Å²) in [4.78, 5) is 0. The van der Waals surface area contributed by atoms with Crippen LogP contribution >= 0.6 is 0 Å². The lowest BCUT2D eigenvalue weighted by Gasteiger charge is -2.37. The molecule has 0 bridgehead atoms. The van der Waals surface area contributed by atoms with Crippen LogP contribution < -0.4 is 14.8 Å². The summed E-state index contributed by atoms with van der Waals surface area (Å²) in [6.07, 6.45) is 3.08. The zero-order valence-electron chi connectivity index (χ0n) is 13.6. The highest BCUT2D eigenvalue weighted by molar-refractivity contribution is 7.88. The predicted molar refractivity (Wildman–Crippen MR) is 88.0 cm³/mol. The van der Waals surface area contributed by atoms with Gasteiger partial charge in [-0.3, -0.25) is 0 Å². The Morgan fingerprint density at radius 2 is 2.17 bits per heavy atom. The molecular weight excluding hydrogens is 316 g/mol. The summed E-state index contributed by atoms with van der Waals surface area (Å²) in [6.45, 7) is 4.27. The molecule has 7 heteroatoms. The molecule has 1 aromatic rings. The molecule has 23 heavy (non-hydrogen) atoms. The molecule has 0 radical (unpaired) electrons. The molecule has 3 rings (SSSR count). The quantitative estimate of drug-likeness (QED) is 0.881. The van der Waals surface area contributed by atoms with Crippen molar-refractivity contribution in [3.8, 4) is 11.5 Å². The minimum atomic E-state index is -3.10. The highest BCUT2D eigenvalue weighted by Crippen LogP contribution is 2.35. The number of benzene rings is 1. The van der Waals surface area contributed by atoms with E-state index in [0.29, 0.717) is 31.6 Å². The van der Waals surface area contributed by atoms with Gasteiger partial charge >= 0.3 is 0 Å². The number of ether oxygens (including phenoxy) is 2. The van der Waals surface area contributed by atoms with Crippen LogP contribution in [-0.2, 0) is 16.6 Å². The first-order valence-electron chi connectivity index (χ1n) is 8.05. The van der Waals surface area contributed by atoms with Crippen molar-refractivity contribution in [2.24, 2.45) is 5.92 Å². The van der Waals surface area contributed by atoms with E-state index in [4.69, 9.17) is 9.47 Å². The third-order valence-corrected chi connectivity index (χ3v) is 5.99. The number of nitrogens with zero attached hydrogens (tertiary/aromatic N) is 1. The summed E-state index contributed by atoms with van der Waals surface area (Å²) >= 11 is 0. The van der Waals surface area contributed by atoms with Crippen molar-refractivity contribution < 1.29 is 17.9 Å². The van der Waals surface area contributed by atoms with Crippen molar-refractivity contribution >= 4 is 10.0 Å². The van der Waals surface area contributed by atoms with Crippen LogP contribution in [0, 0.1) is 5.92 Å². The third kappa shape index (κ3) is 3.62. The molecule has 0 saturated carbocycles. The van der Waals surface area contributed by atoms with Gasteiger partial charge in [0.15, 0.2) is 11.5 Å². The number of sulfonamides is 1. The molecule has 0 unspecified atom stereocenters. The Hall–Kier alpha value is -1.31. The van der Waals surface area contributed by atoms with E-state index in [2.05, 4.69) is 12.2 Å². The second-order valence-electron chi connectivity index (χ2n) is 6.22. The minimum absolute atomic E-state index is 0.274. The zero-order valence-corrected chi connectivity index (χ0v) is 14.4. The molecule has 0 amide bonds. The van der Waals surface area contributed by atoms with Crippen LogP contribution in [0.1, 0.15) is 25.3 Å². The van der Waals surface area contributed by atoms with E-state index < -0.39 is 10.0 Å². The number of para-hydroxylation sites is 1. The summed E-state index contributed by atoms with van der Waals surface area (Å²) in [5.74, 6) is 1.94. The average Bonchev–Trinajstić information content (AvgIpc) is 3.01. The second kappa shape index (κ2) is 6.67. The van der Waals surface area contributed by atoms with Crippen molar-refractivity contribution in [1.82, 2.24) is 9.62 Å². The van der Waals surface area contributed by atoms with Gasteiger partial charge in [-0.25, -0.2) is 12.7 Å². The van der Waals surface area contributed by atoms with E-state index in [1.165, 1.54) is 6.26 Å². The number of nitrogens with one attached hydrogen (secondary N) is 1. The maximum Gasteiger partial charge on any atom is 0.231 e. The van der Waals surface area contributed by atoms with Crippen molar-refractivity contribution in [2.75, 3.05) is 26.1 Å². The fourth-order valence-electron chi connectivity index (χ4n) is 3.35. The molecule has 2 atom stereocenters. The third-order valence-electron chi connectivity index (χ3n) is 4.72. The topological polar surface area (TPSA) is 67.9 Å². The Kier molecular flexibility index (Phi) is 4.79. The maximum absolute atomic E-state index is 11.7. The summed E-state index contributed by atoms with van der Waals surface area (Å²) in [5, 5.41) is 3.58. The zero-order chi connectivity index (χ0) is 16.4. The van der Waals surface area contributed by atoms with Crippen molar-refractivity contribution in [3.63, 3.8) is 0 Å². The van der Waals surface area contributed by atoms with E-state index in [0.717, 1.165) is 29.9 Å². The lowest BCUT2D eigenvalue weighted by Crippen LogP contribution is -2.50. The van der Waals surface area contributed by atoms with Crippen LogP contribution in [0.25, 0.3) is 0 Å². The van der Waals surface area contributed by atoms with Crippen LogP contribution in [-0.4, -0.2) is 44.9 Å². The summed E-state index contributed by atoms with van der Waals surface area (Å²) in [7, 11) is -3.10. The van der Waals surface area contributed by atoms with Gasteiger partial charge in [-0.1, -0.05) is 25.5 Å². The molecule has 0 aromatic heterocycles. The Balaban J connectivity index is 1.64. The molecule has 2 heterocycles. The molecular formula is C16H24N2O4S. The largest absolute Gasteiger partial charge is 0.454 e. The normalized spacial score (nSPS) is 24.8. The van der Waals surface area contributed by atoms with E-state index in [1.807, 2.05) is 18.2 Å². The Labute approximate surface area is 137 Å². The number of hydrogen-bond donors (Lipinski definition) is 1. The molecule has 2 aliphatic rings. The summed E-state index contributed by atoms with van der Waals surface area (Å²) in [5.41, 5.74) is 1.08. The Morgan fingerprint density at radius 1 is 1.35 bits per heavy atom. The molecule has 2 aliphatic heterocycles. The van der Waals surface area contributed by atoms with Crippen molar-refractivity contribution in [3.05, 3.63) is 23.8 Å². The number of piperidine rings is 1. The molecule has 0 aliphatic carbocycles. The van der Waals surface area contributed by atoms with E-state index in [9.17, 15) is 8.42 Å². The van der Waals surface area contributed by atoms with Gasteiger partial charge < -0.3 is 14.8 Å². The van der Waals surface area contributed by atoms with E-state index in [1.54, 1.807) is 4.31 Å². The van der Waals surface area contributed by atoms with Gasteiger partial charge in [-0.15, -0.1) is 0 Å². The molecule has 6 nitrogen and oxygen atoms in total. The SMILES string of the molecule is CC[C@H]1CN(S(C)(=O)=O)CC[C@H]1NCc1cccc2c1OCO2. The Bertz CT molecular complexity index is 662. The summed E-state index contributed by atoms with van der Waals surface area (Å²) in [6, 6.07) is 6.23. The molecule has 1 saturated heterocycles. The summed E-state index contributed by atoms with van der Waals surface area (Å²) < 4.78 is 36.0. The molecule has 1 N–H and O–H groups in total. The first-order valence-corrected chi connectivity index (χ1v) is 9.90. The van der Waals surface area contributed by atoms with Crippen LogP contribution in [0.5, 0.6) is 11.5 Å². The predicted octanol–water partition coefficient (Wildman–Crippen LogP) is 1.56. The lowest BCUT2D eigenvalue weighted by atomic mass is 9.91. The number of fused-ring (bicyclic) bond motifs is 1. The van der Waals surface area contributed by atoms with Gasteiger partial charge in [0.05, 0.1) is 6.26 Å². The second-order valence-corrected chi connectivity index (χ2v) is 8.20. The average molecular weight is 340 g/mol. The fourth-order valence-corrected chi connectivity index (χ4v) is 4.25. The first-order chi connectivity index (χ1) is 11.0. The van der Waals surface area contributed by atoms with Gasteiger partial charge in [0.1, 0.15) is 0 Å². The lowest BCUT2D eigenvalue weighted by molar-refractivity contribution is 0.172. The molecule has 0 spiro atoms. The van der Waals surface area contributed by atoms with Crippen LogP contribution in [0.3, 0.4) is 0 Å². The van der Waals surface area contributed by atoms with Gasteiger partial charge in [-0.2, -0.15) is 0 Å². The van der Waals surface area contributed by atoms with Crippen LogP contribution in [0.2, 0.25) is 0 Å². The van der Waals surface area contributed by atoms with Gasteiger partial charge in [0.2, 0.25) is 16.8 Å². The molecule has 1 aromatic carbocycles. The van der Waals surface area contributed by atoms with Gasteiger partial charge in [-0.05, 0) is 18.4 Å².